The van der Waals surface area contributed by atoms with Crippen molar-refractivity contribution in [1.29, 1.82) is 0 Å². The number of likely N-dealkylation sites (tertiary alicyclic amines) is 1. The molecule has 0 amide bonds. The van der Waals surface area contributed by atoms with Crippen LogP contribution in [0.2, 0.25) is 0 Å². The fraction of sp³-hybridized carbons (Fsp3) is 0.786. The first-order valence-corrected chi connectivity index (χ1v) is 7.83. The van der Waals surface area contributed by atoms with E-state index in [0.29, 0.717) is 5.41 Å². The lowest BCUT2D eigenvalue weighted by Crippen LogP contribution is -2.38. The highest BCUT2D eigenvalue weighted by Crippen LogP contribution is 2.34. The van der Waals surface area contributed by atoms with E-state index in [1.165, 1.54) is 43.1 Å². The van der Waals surface area contributed by atoms with Crippen LogP contribution in [-0.4, -0.2) is 30.0 Å². The quantitative estimate of drug-likeness (QED) is 0.889. The van der Waals surface area contributed by atoms with E-state index >= 15 is 0 Å². The maximum atomic E-state index is 4.66. The second kappa shape index (κ2) is 6.13. The van der Waals surface area contributed by atoms with Crippen LogP contribution in [0.4, 0.5) is 0 Å². The van der Waals surface area contributed by atoms with Gasteiger partial charge in [0.1, 0.15) is 5.01 Å². The van der Waals surface area contributed by atoms with Crippen molar-refractivity contribution in [3.8, 4) is 0 Å². The molecule has 1 N–H and O–H groups in total. The van der Waals surface area contributed by atoms with E-state index in [-0.39, 0.29) is 0 Å². The van der Waals surface area contributed by atoms with Gasteiger partial charge in [-0.2, -0.15) is 0 Å². The maximum absolute atomic E-state index is 4.66. The zero-order chi connectivity index (χ0) is 13.0. The van der Waals surface area contributed by atoms with Gasteiger partial charge in [-0.3, -0.25) is 4.90 Å². The van der Waals surface area contributed by atoms with Gasteiger partial charge in [-0.1, -0.05) is 20.3 Å². The molecule has 1 saturated heterocycles. The lowest BCUT2D eigenvalue weighted by atomic mass is 9.78. The summed E-state index contributed by atoms with van der Waals surface area (Å²) in [6, 6.07) is 0. The predicted molar refractivity (Wildman–Crippen MR) is 77.8 cm³/mol. The van der Waals surface area contributed by atoms with E-state index in [1.54, 1.807) is 11.3 Å². The summed E-state index contributed by atoms with van der Waals surface area (Å²) in [6.45, 7) is 9.11. The number of nitrogens with zero attached hydrogens (tertiary/aromatic N) is 2. The Morgan fingerprint density at radius 2 is 2.17 bits per heavy atom. The molecule has 0 aliphatic carbocycles. The van der Waals surface area contributed by atoms with Crippen LogP contribution in [0.3, 0.4) is 0 Å². The normalized spacial score (nSPS) is 20.2. The van der Waals surface area contributed by atoms with Gasteiger partial charge >= 0.3 is 0 Å². The number of piperidine rings is 1. The highest BCUT2D eigenvalue weighted by molar-refractivity contribution is 7.09. The first-order chi connectivity index (χ1) is 8.65. The Labute approximate surface area is 115 Å². The first-order valence-electron chi connectivity index (χ1n) is 6.95. The second-order valence-corrected chi connectivity index (χ2v) is 6.65. The summed E-state index contributed by atoms with van der Waals surface area (Å²) in [5, 5.41) is 6.56. The first kappa shape index (κ1) is 14.0. The molecule has 2 rings (SSSR count). The molecule has 1 aromatic heterocycles. The summed E-state index contributed by atoms with van der Waals surface area (Å²) in [4.78, 5) is 7.22. The van der Waals surface area contributed by atoms with Gasteiger partial charge in [0, 0.05) is 18.5 Å². The number of thiazole rings is 1. The minimum atomic E-state index is 0.579. The third-order valence-corrected chi connectivity index (χ3v) is 5.13. The molecule has 18 heavy (non-hydrogen) atoms. The lowest BCUT2D eigenvalue weighted by molar-refractivity contribution is 0.109. The van der Waals surface area contributed by atoms with Crippen LogP contribution < -0.4 is 5.32 Å². The van der Waals surface area contributed by atoms with Crippen LogP contribution in [0.1, 0.15) is 43.8 Å². The minimum Gasteiger partial charge on any atom is -0.314 e. The lowest BCUT2D eigenvalue weighted by Gasteiger charge is -2.38. The molecule has 0 radical (unpaired) electrons. The standard InChI is InChI=1S/C14H25N3S/c1-4-14(2)5-7-17(8-6-14)10-12-11-18-13(16-12)9-15-3/h11,15H,4-10H2,1-3H3. The van der Waals surface area contributed by atoms with Gasteiger partial charge in [0.25, 0.3) is 0 Å². The Morgan fingerprint density at radius 1 is 1.44 bits per heavy atom. The van der Waals surface area contributed by atoms with Crippen LogP contribution >= 0.6 is 11.3 Å². The molecule has 3 nitrogen and oxygen atoms in total. The molecule has 4 heteroatoms. The van der Waals surface area contributed by atoms with Crippen LogP contribution in [0, 0.1) is 5.41 Å². The molecule has 0 bridgehead atoms. The summed E-state index contributed by atoms with van der Waals surface area (Å²) in [7, 11) is 1.97. The van der Waals surface area contributed by atoms with Crippen molar-refractivity contribution in [1.82, 2.24) is 15.2 Å². The Morgan fingerprint density at radius 3 is 2.78 bits per heavy atom. The molecule has 0 atom stereocenters. The highest BCUT2D eigenvalue weighted by Gasteiger charge is 2.28. The summed E-state index contributed by atoms with van der Waals surface area (Å²) >= 11 is 1.77. The Balaban J connectivity index is 1.83. The number of rotatable bonds is 5. The fourth-order valence-corrected chi connectivity index (χ4v) is 3.28. The average Bonchev–Trinajstić information content (AvgIpc) is 2.81. The van der Waals surface area contributed by atoms with Crippen molar-refractivity contribution in [2.24, 2.45) is 5.41 Å². The van der Waals surface area contributed by atoms with Crippen molar-refractivity contribution in [3.63, 3.8) is 0 Å². The summed E-state index contributed by atoms with van der Waals surface area (Å²) in [6.07, 6.45) is 3.97. The van der Waals surface area contributed by atoms with Crippen molar-refractivity contribution in [3.05, 3.63) is 16.1 Å². The number of aromatic nitrogens is 1. The minimum absolute atomic E-state index is 0.579. The molecule has 1 aliphatic heterocycles. The molecular formula is C14H25N3S. The molecule has 0 unspecified atom stereocenters. The van der Waals surface area contributed by atoms with E-state index < -0.39 is 0 Å². The summed E-state index contributed by atoms with van der Waals surface area (Å²) in [5.41, 5.74) is 1.82. The van der Waals surface area contributed by atoms with Crippen molar-refractivity contribution < 1.29 is 0 Å². The molecule has 1 aliphatic rings. The van der Waals surface area contributed by atoms with Gasteiger partial charge in [-0.05, 0) is 38.4 Å². The van der Waals surface area contributed by atoms with Gasteiger partial charge < -0.3 is 5.32 Å². The van der Waals surface area contributed by atoms with Crippen LogP contribution in [0.5, 0.6) is 0 Å². The third kappa shape index (κ3) is 3.53. The molecule has 1 fully saturated rings. The molecule has 2 heterocycles. The van der Waals surface area contributed by atoms with Crippen molar-refractivity contribution in [2.75, 3.05) is 20.1 Å². The maximum Gasteiger partial charge on any atom is 0.107 e. The molecular weight excluding hydrogens is 242 g/mol. The largest absolute Gasteiger partial charge is 0.314 e. The highest BCUT2D eigenvalue weighted by atomic mass is 32.1. The van der Waals surface area contributed by atoms with Crippen LogP contribution in [-0.2, 0) is 13.1 Å². The van der Waals surface area contributed by atoms with Crippen LogP contribution in [0.25, 0.3) is 0 Å². The third-order valence-electron chi connectivity index (χ3n) is 4.23. The SMILES string of the molecule is CCC1(C)CCN(Cc2csc(CNC)n2)CC1. The average molecular weight is 267 g/mol. The second-order valence-electron chi connectivity index (χ2n) is 5.70. The summed E-state index contributed by atoms with van der Waals surface area (Å²) in [5.74, 6) is 0. The Hall–Kier alpha value is -0.450. The van der Waals surface area contributed by atoms with Crippen molar-refractivity contribution >= 4 is 11.3 Å². The van der Waals surface area contributed by atoms with Crippen molar-refractivity contribution in [2.45, 2.75) is 46.2 Å². The molecule has 0 spiro atoms. The zero-order valence-corrected chi connectivity index (χ0v) is 12.6. The fourth-order valence-electron chi connectivity index (χ4n) is 2.49. The van der Waals surface area contributed by atoms with E-state index in [1.807, 2.05) is 7.05 Å². The number of hydrogen-bond donors (Lipinski definition) is 1. The number of nitrogens with one attached hydrogen (secondary N) is 1. The van der Waals surface area contributed by atoms with Gasteiger partial charge in [0.15, 0.2) is 0 Å². The predicted octanol–water partition coefficient (Wildman–Crippen LogP) is 2.87. The Kier molecular flexibility index (Phi) is 4.76. The Bertz CT molecular complexity index is 367. The number of hydrogen-bond acceptors (Lipinski definition) is 4. The topological polar surface area (TPSA) is 28.2 Å². The van der Waals surface area contributed by atoms with E-state index in [9.17, 15) is 0 Å². The van der Waals surface area contributed by atoms with Crippen LogP contribution in [0.15, 0.2) is 5.38 Å². The van der Waals surface area contributed by atoms with E-state index in [0.717, 1.165) is 13.1 Å². The zero-order valence-electron chi connectivity index (χ0n) is 11.8. The monoisotopic (exact) mass is 267 g/mol. The molecule has 102 valence electrons. The van der Waals surface area contributed by atoms with Gasteiger partial charge in [-0.15, -0.1) is 11.3 Å². The van der Waals surface area contributed by atoms with E-state index in [4.69, 9.17) is 0 Å². The van der Waals surface area contributed by atoms with Gasteiger partial charge in [-0.25, -0.2) is 4.98 Å². The molecule has 0 saturated carbocycles. The molecule has 0 aromatic carbocycles. The molecule has 1 aromatic rings. The van der Waals surface area contributed by atoms with E-state index in [2.05, 4.69) is 34.4 Å². The smallest absolute Gasteiger partial charge is 0.107 e. The van der Waals surface area contributed by atoms with Gasteiger partial charge in [0.05, 0.1) is 5.69 Å². The van der Waals surface area contributed by atoms with Gasteiger partial charge in [0.2, 0.25) is 0 Å². The summed E-state index contributed by atoms with van der Waals surface area (Å²) < 4.78 is 0.